The maximum absolute atomic E-state index is 13.5. The van der Waals surface area contributed by atoms with Crippen LogP contribution in [0.15, 0.2) is 22.7 Å². The van der Waals surface area contributed by atoms with Gasteiger partial charge in [0.25, 0.3) is 5.91 Å². The molecule has 0 fully saturated rings. The van der Waals surface area contributed by atoms with E-state index in [1.54, 1.807) is 6.07 Å². The molecule has 1 unspecified atom stereocenters. The Morgan fingerprint density at radius 1 is 1.53 bits per heavy atom. The van der Waals surface area contributed by atoms with Crippen LogP contribution < -0.4 is 5.32 Å². The van der Waals surface area contributed by atoms with E-state index in [0.717, 1.165) is 18.2 Å². The first-order valence-corrected chi connectivity index (χ1v) is 7.31. The number of amides is 1. The highest BCUT2D eigenvalue weighted by Crippen LogP contribution is 2.15. The highest BCUT2D eigenvalue weighted by atomic mass is 79.9. The van der Waals surface area contributed by atoms with Gasteiger partial charge in [-0.15, -0.1) is 0 Å². The number of carbonyl (C=O) groups is 1. The molecule has 0 saturated carbocycles. The summed E-state index contributed by atoms with van der Waals surface area (Å²) in [4.78, 5) is 11.8. The van der Waals surface area contributed by atoms with Crippen molar-refractivity contribution in [1.82, 2.24) is 5.32 Å². The fourth-order valence-corrected chi connectivity index (χ4v) is 2.33. The van der Waals surface area contributed by atoms with E-state index in [-0.39, 0.29) is 17.5 Å². The fourth-order valence-electron chi connectivity index (χ4n) is 1.45. The standard InChI is InChI=1S/C12H14Br2FNO/c1-2-9(5-6-13)16-12(17)10-4-3-8(14)7-11(10)15/h3-4,7,9H,2,5-6H2,1H3,(H,16,17). The average Bonchev–Trinajstić information content (AvgIpc) is 2.28. The van der Waals surface area contributed by atoms with Gasteiger partial charge in [-0.25, -0.2) is 4.39 Å². The third-order valence-corrected chi connectivity index (χ3v) is 3.41. The van der Waals surface area contributed by atoms with Crippen LogP contribution in [0, 0.1) is 5.82 Å². The van der Waals surface area contributed by atoms with Crippen LogP contribution in [0.4, 0.5) is 4.39 Å². The van der Waals surface area contributed by atoms with Gasteiger partial charge in [-0.2, -0.15) is 0 Å². The Bertz CT molecular complexity index is 398. The smallest absolute Gasteiger partial charge is 0.254 e. The molecule has 1 N–H and O–H groups in total. The molecule has 1 atom stereocenters. The average molecular weight is 367 g/mol. The number of nitrogens with one attached hydrogen (secondary N) is 1. The summed E-state index contributed by atoms with van der Waals surface area (Å²) in [6.45, 7) is 1.99. The molecule has 1 rings (SSSR count). The summed E-state index contributed by atoms with van der Waals surface area (Å²) in [7, 11) is 0. The van der Waals surface area contributed by atoms with Crippen molar-refractivity contribution in [3.8, 4) is 0 Å². The van der Waals surface area contributed by atoms with Gasteiger partial charge in [0.1, 0.15) is 5.82 Å². The van der Waals surface area contributed by atoms with Gasteiger partial charge >= 0.3 is 0 Å². The Labute approximate surface area is 117 Å². The maximum atomic E-state index is 13.5. The van der Waals surface area contributed by atoms with E-state index < -0.39 is 5.82 Å². The number of hydrogen-bond acceptors (Lipinski definition) is 1. The Kier molecular flexibility index (Phi) is 6.12. The Hall–Kier alpha value is -0.420. The predicted octanol–water partition coefficient (Wildman–Crippen LogP) is 3.88. The van der Waals surface area contributed by atoms with Gasteiger partial charge in [-0.1, -0.05) is 38.8 Å². The molecule has 0 spiro atoms. The van der Waals surface area contributed by atoms with E-state index >= 15 is 0 Å². The molecule has 1 amide bonds. The molecule has 0 aromatic heterocycles. The zero-order valence-corrected chi connectivity index (χ0v) is 12.6. The van der Waals surface area contributed by atoms with Gasteiger partial charge in [0.2, 0.25) is 0 Å². The van der Waals surface area contributed by atoms with Crippen LogP contribution in [0.3, 0.4) is 0 Å². The topological polar surface area (TPSA) is 29.1 Å². The zero-order chi connectivity index (χ0) is 12.8. The molecule has 0 saturated heterocycles. The van der Waals surface area contributed by atoms with Crippen molar-refractivity contribution in [1.29, 1.82) is 0 Å². The molecule has 1 aromatic carbocycles. The third-order valence-electron chi connectivity index (χ3n) is 2.46. The lowest BCUT2D eigenvalue weighted by atomic mass is 10.1. The van der Waals surface area contributed by atoms with E-state index in [2.05, 4.69) is 37.2 Å². The van der Waals surface area contributed by atoms with E-state index in [9.17, 15) is 9.18 Å². The van der Waals surface area contributed by atoms with Crippen LogP contribution in [-0.2, 0) is 0 Å². The lowest BCUT2D eigenvalue weighted by molar-refractivity contribution is 0.0931. The lowest BCUT2D eigenvalue weighted by Crippen LogP contribution is -2.35. The molecule has 0 aliphatic rings. The molecule has 2 nitrogen and oxygen atoms in total. The van der Waals surface area contributed by atoms with Crippen LogP contribution >= 0.6 is 31.9 Å². The Morgan fingerprint density at radius 3 is 2.76 bits per heavy atom. The molecule has 0 aliphatic carbocycles. The van der Waals surface area contributed by atoms with Crippen LogP contribution in [0.25, 0.3) is 0 Å². The number of halogens is 3. The van der Waals surface area contributed by atoms with Crippen molar-refractivity contribution in [3.05, 3.63) is 34.1 Å². The summed E-state index contributed by atoms with van der Waals surface area (Å²) in [6.07, 6.45) is 1.66. The molecule has 0 radical (unpaired) electrons. The van der Waals surface area contributed by atoms with Crippen molar-refractivity contribution in [2.45, 2.75) is 25.8 Å². The lowest BCUT2D eigenvalue weighted by Gasteiger charge is -2.15. The first-order valence-electron chi connectivity index (χ1n) is 5.40. The second-order valence-electron chi connectivity index (χ2n) is 3.68. The van der Waals surface area contributed by atoms with Crippen molar-refractivity contribution < 1.29 is 9.18 Å². The van der Waals surface area contributed by atoms with E-state index in [1.165, 1.54) is 12.1 Å². The van der Waals surface area contributed by atoms with Gasteiger partial charge in [-0.05, 0) is 31.0 Å². The molecule has 0 bridgehead atoms. The third kappa shape index (κ3) is 4.39. The monoisotopic (exact) mass is 365 g/mol. The van der Waals surface area contributed by atoms with Crippen LogP contribution in [0.2, 0.25) is 0 Å². The first kappa shape index (κ1) is 14.6. The van der Waals surface area contributed by atoms with Crippen molar-refractivity contribution in [2.75, 3.05) is 5.33 Å². The van der Waals surface area contributed by atoms with Crippen molar-refractivity contribution in [2.24, 2.45) is 0 Å². The largest absolute Gasteiger partial charge is 0.349 e. The number of benzene rings is 1. The summed E-state index contributed by atoms with van der Waals surface area (Å²) in [5.74, 6) is -0.867. The minimum Gasteiger partial charge on any atom is -0.349 e. The normalized spacial score (nSPS) is 12.2. The van der Waals surface area contributed by atoms with Crippen molar-refractivity contribution in [3.63, 3.8) is 0 Å². The van der Waals surface area contributed by atoms with Crippen LogP contribution in [-0.4, -0.2) is 17.3 Å². The quantitative estimate of drug-likeness (QED) is 0.787. The fraction of sp³-hybridized carbons (Fsp3) is 0.417. The summed E-state index contributed by atoms with van der Waals surface area (Å²) in [5, 5.41) is 3.63. The first-order chi connectivity index (χ1) is 8.08. The molecule has 0 heterocycles. The summed E-state index contributed by atoms with van der Waals surface area (Å²) < 4.78 is 14.2. The number of rotatable bonds is 5. The van der Waals surface area contributed by atoms with Crippen molar-refractivity contribution >= 4 is 37.8 Å². The zero-order valence-electron chi connectivity index (χ0n) is 9.47. The van der Waals surface area contributed by atoms with Crippen LogP contribution in [0.5, 0.6) is 0 Å². The van der Waals surface area contributed by atoms with Gasteiger partial charge in [0.15, 0.2) is 0 Å². The summed E-state index contributed by atoms with van der Waals surface area (Å²) >= 11 is 6.49. The minimum absolute atomic E-state index is 0.0740. The summed E-state index contributed by atoms with van der Waals surface area (Å²) in [6, 6.07) is 4.50. The van der Waals surface area contributed by atoms with Gasteiger partial charge < -0.3 is 5.32 Å². The maximum Gasteiger partial charge on any atom is 0.254 e. The predicted molar refractivity (Wildman–Crippen MR) is 74.1 cm³/mol. The minimum atomic E-state index is -0.509. The van der Waals surface area contributed by atoms with E-state index in [0.29, 0.717) is 4.47 Å². The highest BCUT2D eigenvalue weighted by molar-refractivity contribution is 9.10. The second-order valence-corrected chi connectivity index (χ2v) is 5.39. The second kappa shape index (κ2) is 7.11. The number of alkyl halides is 1. The number of carbonyl (C=O) groups excluding carboxylic acids is 1. The van der Waals surface area contributed by atoms with Crippen LogP contribution in [0.1, 0.15) is 30.1 Å². The highest BCUT2D eigenvalue weighted by Gasteiger charge is 2.15. The molecular formula is C12H14Br2FNO. The molecule has 94 valence electrons. The molecule has 0 aliphatic heterocycles. The molecule has 5 heteroatoms. The molecular weight excluding hydrogens is 353 g/mol. The van der Waals surface area contributed by atoms with E-state index in [1.807, 2.05) is 6.92 Å². The van der Waals surface area contributed by atoms with Gasteiger partial charge in [-0.3, -0.25) is 4.79 Å². The number of hydrogen-bond donors (Lipinski definition) is 1. The summed E-state index contributed by atoms with van der Waals surface area (Å²) in [5.41, 5.74) is 0.0845. The molecule has 17 heavy (non-hydrogen) atoms. The van der Waals surface area contributed by atoms with E-state index in [4.69, 9.17) is 0 Å². The Morgan fingerprint density at radius 2 is 2.24 bits per heavy atom. The van der Waals surface area contributed by atoms with Gasteiger partial charge in [0.05, 0.1) is 5.56 Å². The SMILES string of the molecule is CCC(CCBr)NC(=O)c1ccc(Br)cc1F. The Balaban J connectivity index is 2.75. The molecule has 1 aromatic rings. The van der Waals surface area contributed by atoms with Gasteiger partial charge in [0, 0.05) is 15.8 Å².